The Hall–Kier alpha value is -0.900. The van der Waals surface area contributed by atoms with Crippen LogP contribution in [-0.4, -0.2) is 15.3 Å². The molecule has 0 spiro atoms. The Morgan fingerprint density at radius 1 is 1.29 bits per heavy atom. The first kappa shape index (κ1) is 9.65. The van der Waals surface area contributed by atoms with Crippen molar-refractivity contribution in [3.8, 4) is 0 Å². The minimum Gasteiger partial charge on any atom is -0.422 e. The summed E-state index contributed by atoms with van der Waals surface area (Å²) >= 11 is 0. The molecule has 1 aromatic rings. The Labute approximate surface area is 83.3 Å². The molecular formula is C10H16N2O2. The van der Waals surface area contributed by atoms with Crippen molar-refractivity contribution in [2.24, 2.45) is 0 Å². The van der Waals surface area contributed by atoms with Gasteiger partial charge in [-0.25, -0.2) is 0 Å². The molecule has 14 heavy (non-hydrogen) atoms. The molecule has 1 fully saturated rings. The van der Waals surface area contributed by atoms with Gasteiger partial charge in [0.05, 0.1) is 0 Å². The first-order chi connectivity index (χ1) is 6.77. The molecule has 0 radical (unpaired) electrons. The van der Waals surface area contributed by atoms with E-state index >= 15 is 0 Å². The molecule has 1 heterocycles. The molecule has 2 rings (SSSR count). The highest BCUT2D eigenvalue weighted by atomic mass is 16.4. The summed E-state index contributed by atoms with van der Waals surface area (Å²) in [6.07, 6.45) is 5.44. The van der Waals surface area contributed by atoms with Crippen LogP contribution in [0.2, 0.25) is 0 Å². The van der Waals surface area contributed by atoms with Crippen molar-refractivity contribution in [3.05, 3.63) is 11.8 Å². The maximum absolute atomic E-state index is 9.24. The summed E-state index contributed by atoms with van der Waals surface area (Å²) in [6.45, 7) is 1.64. The van der Waals surface area contributed by atoms with Gasteiger partial charge in [0.2, 0.25) is 11.8 Å². The standard InChI is InChI=1S/C10H16N2O2/c1-7(13)9-11-12-10(14-9)8-5-3-2-4-6-8/h7-8,13H,2-6H2,1H3. The number of aliphatic hydroxyl groups is 1. The van der Waals surface area contributed by atoms with E-state index in [1.807, 2.05) is 0 Å². The predicted octanol–water partition coefficient (Wildman–Crippen LogP) is 2.17. The van der Waals surface area contributed by atoms with Crippen LogP contribution in [0, 0.1) is 0 Å². The van der Waals surface area contributed by atoms with Crippen LogP contribution < -0.4 is 0 Å². The SMILES string of the molecule is CC(O)c1nnc(C2CCCCC2)o1. The molecule has 4 nitrogen and oxygen atoms in total. The van der Waals surface area contributed by atoms with E-state index in [2.05, 4.69) is 10.2 Å². The maximum atomic E-state index is 9.24. The van der Waals surface area contributed by atoms with Gasteiger partial charge >= 0.3 is 0 Å². The van der Waals surface area contributed by atoms with Crippen LogP contribution in [0.25, 0.3) is 0 Å². The summed E-state index contributed by atoms with van der Waals surface area (Å²) in [6, 6.07) is 0. The highest BCUT2D eigenvalue weighted by molar-refractivity contribution is 4.94. The van der Waals surface area contributed by atoms with Crippen LogP contribution in [0.5, 0.6) is 0 Å². The number of hydrogen-bond acceptors (Lipinski definition) is 4. The second kappa shape index (κ2) is 4.09. The molecule has 1 aliphatic carbocycles. The Morgan fingerprint density at radius 2 is 2.00 bits per heavy atom. The van der Waals surface area contributed by atoms with Gasteiger partial charge in [0, 0.05) is 5.92 Å². The minimum atomic E-state index is -0.653. The van der Waals surface area contributed by atoms with Gasteiger partial charge in [0.15, 0.2) is 0 Å². The zero-order chi connectivity index (χ0) is 9.97. The summed E-state index contributed by atoms with van der Waals surface area (Å²) in [5, 5.41) is 17.0. The number of rotatable bonds is 2. The highest BCUT2D eigenvalue weighted by Crippen LogP contribution is 2.32. The first-order valence-electron chi connectivity index (χ1n) is 5.28. The number of aromatic nitrogens is 2. The topological polar surface area (TPSA) is 59.2 Å². The average Bonchev–Trinajstić information content (AvgIpc) is 2.68. The Bertz CT molecular complexity index is 290. The van der Waals surface area contributed by atoms with E-state index in [0.717, 1.165) is 12.8 Å². The van der Waals surface area contributed by atoms with Gasteiger partial charge in [-0.2, -0.15) is 0 Å². The van der Waals surface area contributed by atoms with Crippen molar-refractivity contribution >= 4 is 0 Å². The van der Waals surface area contributed by atoms with E-state index in [-0.39, 0.29) is 0 Å². The lowest BCUT2D eigenvalue weighted by Gasteiger charge is -2.17. The van der Waals surface area contributed by atoms with Crippen LogP contribution in [0.4, 0.5) is 0 Å². The van der Waals surface area contributed by atoms with Crippen LogP contribution in [-0.2, 0) is 0 Å². The summed E-state index contributed by atoms with van der Waals surface area (Å²) in [5.41, 5.74) is 0. The zero-order valence-corrected chi connectivity index (χ0v) is 8.44. The molecule has 0 amide bonds. The number of nitrogens with zero attached hydrogens (tertiary/aromatic N) is 2. The van der Waals surface area contributed by atoms with Gasteiger partial charge in [0.1, 0.15) is 6.10 Å². The van der Waals surface area contributed by atoms with Gasteiger partial charge < -0.3 is 9.52 Å². The number of aliphatic hydroxyl groups excluding tert-OH is 1. The molecule has 1 saturated carbocycles. The molecule has 78 valence electrons. The maximum Gasteiger partial charge on any atom is 0.244 e. The molecule has 1 aromatic heterocycles. The van der Waals surface area contributed by atoms with Crippen LogP contribution >= 0.6 is 0 Å². The highest BCUT2D eigenvalue weighted by Gasteiger charge is 2.22. The fourth-order valence-electron chi connectivity index (χ4n) is 1.93. The first-order valence-corrected chi connectivity index (χ1v) is 5.28. The van der Waals surface area contributed by atoms with E-state index in [9.17, 15) is 5.11 Å². The molecular weight excluding hydrogens is 180 g/mol. The van der Waals surface area contributed by atoms with Gasteiger partial charge in [-0.05, 0) is 19.8 Å². The normalized spacial score (nSPS) is 21.0. The number of hydrogen-bond donors (Lipinski definition) is 1. The third kappa shape index (κ3) is 1.95. The lowest BCUT2D eigenvalue weighted by molar-refractivity contribution is 0.158. The fraction of sp³-hybridized carbons (Fsp3) is 0.800. The Morgan fingerprint density at radius 3 is 2.57 bits per heavy atom. The van der Waals surface area contributed by atoms with Gasteiger partial charge in [-0.15, -0.1) is 10.2 Å². The Balaban J connectivity index is 2.07. The summed E-state index contributed by atoms with van der Waals surface area (Å²) in [7, 11) is 0. The van der Waals surface area contributed by atoms with Gasteiger partial charge in [0.25, 0.3) is 0 Å². The largest absolute Gasteiger partial charge is 0.422 e. The van der Waals surface area contributed by atoms with E-state index in [0.29, 0.717) is 17.7 Å². The van der Waals surface area contributed by atoms with Gasteiger partial charge in [-0.3, -0.25) is 0 Å². The minimum absolute atomic E-state index is 0.338. The average molecular weight is 196 g/mol. The molecule has 1 aliphatic rings. The van der Waals surface area contributed by atoms with Gasteiger partial charge in [-0.1, -0.05) is 19.3 Å². The molecule has 0 aliphatic heterocycles. The molecule has 0 aromatic carbocycles. The van der Waals surface area contributed by atoms with E-state index in [4.69, 9.17) is 4.42 Å². The summed E-state index contributed by atoms with van der Waals surface area (Å²) < 4.78 is 5.41. The summed E-state index contributed by atoms with van der Waals surface area (Å²) in [5.74, 6) is 1.47. The van der Waals surface area contributed by atoms with Crippen molar-refractivity contribution in [2.45, 2.75) is 51.0 Å². The molecule has 0 bridgehead atoms. The van der Waals surface area contributed by atoms with Crippen molar-refractivity contribution in [1.29, 1.82) is 0 Å². The monoisotopic (exact) mass is 196 g/mol. The fourth-order valence-corrected chi connectivity index (χ4v) is 1.93. The second-order valence-electron chi connectivity index (χ2n) is 3.99. The van der Waals surface area contributed by atoms with Crippen molar-refractivity contribution in [3.63, 3.8) is 0 Å². The molecule has 1 atom stereocenters. The molecule has 1 unspecified atom stereocenters. The lowest BCUT2D eigenvalue weighted by Crippen LogP contribution is -2.04. The second-order valence-corrected chi connectivity index (χ2v) is 3.99. The quantitative estimate of drug-likeness (QED) is 0.787. The van der Waals surface area contributed by atoms with Crippen molar-refractivity contribution < 1.29 is 9.52 Å². The molecule has 4 heteroatoms. The van der Waals surface area contributed by atoms with Crippen LogP contribution in [0.15, 0.2) is 4.42 Å². The van der Waals surface area contributed by atoms with E-state index < -0.39 is 6.10 Å². The zero-order valence-electron chi connectivity index (χ0n) is 8.44. The third-order valence-electron chi connectivity index (χ3n) is 2.77. The smallest absolute Gasteiger partial charge is 0.244 e. The lowest BCUT2D eigenvalue weighted by atomic mass is 9.89. The van der Waals surface area contributed by atoms with E-state index in [1.165, 1.54) is 19.3 Å². The van der Waals surface area contributed by atoms with Crippen molar-refractivity contribution in [1.82, 2.24) is 10.2 Å². The van der Waals surface area contributed by atoms with E-state index in [1.54, 1.807) is 6.92 Å². The predicted molar refractivity (Wildman–Crippen MR) is 50.8 cm³/mol. The summed E-state index contributed by atoms with van der Waals surface area (Å²) in [4.78, 5) is 0. The van der Waals surface area contributed by atoms with Crippen LogP contribution in [0.1, 0.15) is 62.8 Å². The third-order valence-corrected chi connectivity index (χ3v) is 2.77. The Kier molecular flexibility index (Phi) is 2.82. The van der Waals surface area contributed by atoms with Crippen LogP contribution in [0.3, 0.4) is 0 Å². The molecule has 0 saturated heterocycles. The van der Waals surface area contributed by atoms with Crippen molar-refractivity contribution in [2.75, 3.05) is 0 Å². The molecule has 1 N–H and O–H groups in total.